The van der Waals surface area contributed by atoms with Gasteiger partial charge in [0.1, 0.15) is 0 Å². The fourth-order valence-electron chi connectivity index (χ4n) is 2.86. The molecule has 0 fully saturated rings. The molecular formula is C22H23N3O5S2. The minimum absolute atomic E-state index is 0.000271. The molecule has 8 nitrogen and oxygen atoms in total. The van der Waals surface area contributed by atoms with Gasteiger partial charge < -0.3 is 5.32 Å². The highest BCUT2D eigenvalue weighted by Crippen LogP contribution is 2.22. The normalized spacial score (nSPS) is 11.6. The van der Waals surface area contributed by atoms with E-state index in [1.165, 1.54) is 55.5 Å². The third-order valence-corrected chi connectivity index (χ3v) is 7.46. The Labute approximate surface area is 187 Å². The van der Waals surface area contributed by atoms with Crippen molar-refractivity contribution in [3.63, 3.8) is 0 Å². The number of carbonyl (C=O) groups is 1. The monoisotopic (exact) mass is 473 g/mol. The van der Waals surface area contributed by atoms with Crippen molar-refractivity contribution in [2.75, 3.05) is 14.8 Å². The number of aryl methyl sites for hydroxylation is 2. The summed E-state index contributed by atoms with van der Waals surface area (Å²) in [5, 5.41) is 2.56. The molecule has 0 saturated heterocycles. The smallest absolute Gasteiger partial charge is 0.261 e. The van der Waals surface area contributed by atoms with E-state index in [-0.39, 0.29) is 21.4 Å². The van der Waals surface area contributed by atoms with E-state index in [0.717, 1.165) is 11.1 Å². The van der Waals surface area contributed by atoms with Gasteiger partial charge in [0.25, 0.3) is 20.0 Å². The van der Waals surface area contributed by atoms with Gasteiger partial charge in [-0.25, -0.2) is 16.8 Å². The Morgan fingerprint density at radius 1 is 0.625 bits per heavy atom. The number of hydrogen-bond acceptors (Lipinski definition) is 5. The third-order valence-electron chi connectivity index (χ3n) is 4.66. The second-order valence-corrected chi connectivity index (χ2v) is 10.6. The van der Waals surface area contributed by atoms with Crippen LogP contribution in [0.2, 0.25) is 0 Å². The number of amides is 1. The maximum Gasteiger partial charge on any atom is 0.261 e. The van der Waals surface area contributed by atoms with Crippen molar-refractivity contribution in [2.24, 2.45) is 0 Å². The second kappa shape index (κ2) is 9.01. The van der Waals surface area contributed by atoms with Crippen molar-refractivity contribution in [3.05, 3.63) is 77.9 Å². The zero-order valence-electron chi connectivity index (χ0n) is 17.7. The molecule has 10 heteroatoms. The summed E-state index contributed by atoms with van der Waals surface area (Å²) in [5.41, 5.74) is 3.14. The maximum absolute atomic E-state index is 12.6. The van der Waals surface area contributed by atoms with Gasteiger partial charge in [-0.05, 0) is 85.6 Å². The number of rotatable bonds is 7. The van der Waals surface area contributed by atoms with Gasteiger partial charge in [-0.15, -0.1) is 0 Å². The van der Waals surface area contributed by atoms with E-state index in [1.54, 1.807) is 12.1 Å². The van der Waals surface area contributed by atoms with Crippen LogP contribution in [0.3, 0.4) is 0 Å². The molecule has 0 spiro atoms. The molecule has 3 aromatic rings. The van der Waals surface area contributed by atoms with Crippen LogP contribution in [0, 0.1) is 13.8 Å². The second-order valence-electron chi connectivity index (χ2n) is 7.24. The molecule has 0 aliphatic heterocycles. The Balaban J connectivity index is 1.74. The van der Waals surface area contributed by atoms with Crippen LogP contribution in [0.5, 0.6) is 0 Å². The zero-order chi connectivity index (χ0) is 23.5. The first-order chi connectivity index (χ1) is 15.0. The molecule has 0 bridgehead atoms. The first-order valence-electron chi connectivity index (χ1n) is 9.57. The average Bonchev–Trinajstić information content (AvgIpc) is 2.71. The van der Waals surface area contributed by atoms with Gasteiger partial charge >= 0.3 is 0 Å². The van der Waals surface area contributed by atoms with E-state index in [0.29, 0.717) is 11.4 Å². The molecule has 0 atom stereocenters. The molecule has 1 amide bonds. The van der Waals surface area contributed by atoms with Gasteiger partial charge in [0.2, 0.25) is 5.91 Å². The minimum Gasteiger partial charge on any atom is -0.326 e. The van der Waals surface area contributed by atoms with E-state index in [9.17, 15) is 21.6 Å². The molecule has 3 N–H and O–H groups in total. The highest BCUT2D eigenvalue weighted by molar-refractivity contribution is 7.93. The van der Waals surface area contributed by atoms with E-state index < -0.39 is 20.0 Å². The molecule has 0 unspecified atom stereocenters. The lowest BCUT2D eigenvalue weighted by molar-refractivity contribution is -0.114. The number of carbonyl (C=O) groups excluding carboxylic acids is 1. The summed E-state index contributed by atoms with van der Waals surface area (Å²) in [4.78, 5) is 11.1. The molecule has 0 saturated carbocycles. The van der Waals surface area contributed by atoms with Crippen LogP contribution in [0.25, 0.3) is 0 Å². The number of nitrogens with one attached hydrogen (secondary N) is 3. The Morgan fingerprint density at radius 3 is 1.53 bits per heavy atom. The van der Waals surface area contributed by atoms with Crippen molar-refractivity contribution >= 4 is 43.0 Å². The molecule has 168 valence electrons. The third kappa shape index (κ3) is 5.65. The summed E-state index contributed by atoms with van der Waals surface area (Å²) in [6, 6.07) is 16.3. The van der Waals surface area contributed by atoms with Gasteiger partial charge in [0, 0.05) is 24.0 Å². The van der Waals surface area contributed by atoms with Crippen LogP contribution in [0.1, 0.15) is 18.1 Å². The first kappa shape index (κ1) is 23.3. The van der Waals surface area contributed by atoms with Crippen LogP contribution in [0.15, 0.2) is 76.5 Å². The Bertz CT molecular complexity index is 1350. The van der Waals surface area contributed by atoms with Crippen molar-refractivity contribution in [2.45, 2.75) is 30.6 Å². The molecule has 3 aromatic carbocycles. The fraction of sp³-hybridized carbons (Fsp3) is 0.136. The van der Waals surface area contributed by atoms with Crippen molar-refractivity contribution < 1.29 is 21.6 Å². The number of sulfonamides is 2. The average molecular weight is 474 g/mol. The fourth-order valence-corrected chi connectivity index (χ4v) is 4.96. The summed E-state index contributed by atoms with van der Waals surface area (Å²) in [5.74, 6) is -0.263. The van der Waals surface area contributed by atoms with Crippen LogP contribution in [-0.2, 0) is 24.8 Å². The molecule has 0 aliphatic carbocycles. The Morgan fingerprint density at radius 2 is 1.06 bits per heavy atom. The highest BCUT2D eigenvalue weighted by atomic mass is 32.2. The Kier molecular flexibility index (Phi) is 6.56. The molecule has 0 aliphatic rings. The van der Waals surface area contributed by atoms with Crippen LogP contribution in [0.4, 0.5) is 17.1 Å². The summed E-state index contributed by atoms with van der Waals surface area (Å²) >= 11 is 0. The van der Waals surface area contributed by atoms with Crippen LogP contribution < -0.4 is 14.8 Å². The summed E-state index contributed by atoms with van der Waals surface area (Å²) in [6.07, 6.45) is 0. The topological polar surface area (TPSA) is 121 Å². The van der Waals surface area contributed by atoms with Gasteiger partial charge in [-0.3, -0.25) is 14.2 Å². The highest BCUT2D eigenvalue weighted by Gasteiger charge is 2.17. The maximum atomic E-state index is 12.6. The minimum atomic E-state index is -3.89. The quantitative estimate of drug-likeness (QED) is 0.481. The lowest BCUT2D eigenvalue weighted by Crippen LogP contribution is -2.15. The van der Waals surface area contributed by atoms with E-state index >= 15 is 0 Å². The molecule has 3 rings (SSSR count). The van der Waals surface area contributed by atoms with Crippen LogP contribution >= 0.6 is 0 Å². The van der Waals surface area contributed by atoms with Gasteiger partial charge in [0.05, 0.1) is 9.79 Å². The van der Waals surface area contributed by atoms with Gasteiger partial charge in [-0.2, -0.15) is 0 Å². The predicted molar refractivity (Wildman–Crippen MR) is 125 cm³/mol. The van der Waals surface area contributed by atoms with Gasteiger partial charge in [-0.1, -0.05) is 6.07 Å². The lowest BCUT2D eigenvalue weighted by atomic mass is 10.1. The van der Waals surface area contributed by atoms with E-state index in [4.69, 9.17) is 0 Å². The van der Waals surface area contributed by atoms with E-state index in [1.807, 2.05) is 19.9 Å². The lowest BCUT2D eigenvalue weighted by Gasteiger charge is -2.12. The summed E-state index contributed by atoms with van der Waals surface area (Å²) in [6.45, 7) is 5.18. The van der Waals surface area contributed by atoms with Crippen LogP contribution in [-0.4, -0.2) is 22.7 Å². The van der Waals surface area contributed by atoms with Crippen molar-refractivity contribution in [1.82, 2.24) is 0 Å². The summed E-state index contributed by atoms with van der Waals surface area (Å²) < 4.78 is 55.4. The molecule has 0 radical (unpaired) electrons. The predicted octanol–water partition coefficient (Wildman–Crippen LogP) is 3.86. The molecule has 0 aromatic heterocycles. The molecular weight excluding hydrogens is 450 g/mol. The largest absolute Gasteiger partial charge is 0.326 e. The molecule has 32 heavy (non-hydrogen) atoms. The summed E-state index contributed by atoms with van der Waals surface area (Å²) in [7, 11) is -7.72. The molecule has 0 heterocycles. The first-order valence-corrected chi connectivity index (χ1v) is 12.5. The van der Waals surface area contributed by atoms with Crippen molar-refractivity contribution in [3.8, 4) is 0 Å². The number of anilines is 3. The van der Waals surface area contributed by atoms with Crippen molar-refractivity contribution in [1.29, 1.82) is 0 Å². The Hall–Kier alpha value is -3.37. The SMILES string of the molecule is CC(=O)Nc1ccc(S(=O)(=O)Nc2ccc(S(=O)(=O)Nc3ccc(C)c(C)c3)cc2)cc1. The van der Waals surface area contributed by atoms with Gasteiger partial charge in [0.15, 0.2) is 0 Å². The number of benzene rings is 3. The zero-order valence-corrected chi connectivity index (χ0v) is 19.3. The standard InChI is InChI=1S/C22H23N3O5S2/c1-15-4-5-20(14-16(15)2)25-32(29,30)22-12-8-19(9-13-22)24-31(27,28)21-10-6-18(7-11-21)23-17(3)26/h4-14,24-25H,1-3H3,(H,23,26). The van der Waals surface area contributed by atoms with E-state index in [2.05, 4.69) is 14.8 Å². The number of hydrogen-bond donors (Lipinski definition) is 3.